The zero-order valence-corrected chi connectivity index (χ0v) is 16.1. The molecule has 28 heavy (non-hydrogen) atoms. The van der Waals surface area contributed by atoms with Crippen LogP contribution in [0.25, 0.3) is 10.8 Å². The van der Waals surface area contributed by atoms with Gasteiger partial charge in [0.05, 0.1) is 19.8 Å². The summed E-state index contributed by atoms with van der Waals surface area (Å²) < 4.78 is 6.96. The lowest BCUT2D eigenvalue weighted by atomic mass is 10.0. The van der Waals surface area contributed by atoms with E-state index in [1.807, 2.05) is 0 Å². The number of esters is 1. The predicted octanol–water partition coefficient (Wildman–Crippen LogP) is 2.76. The third kappa shape index (κ3) is 3.53. The molecule has 2 aromatic carbocycles. The van der Waals surface area contributed by atoms with Gasteiger partial charge in [0.25, 0.3) is 0 Å². The molecule has 146 valence electrons. The van der Waals surface area contributed by atoms with Gasteiger partial charge in [-0.15, -0.1) is 0 Å². The molecule has 6 heteroatoms. The van der Waals surface area contributed by atoms with Crippen LogP contribution in [0.15, 0.2) is 42.5 Å². The molecule has 0 unspecified atom stereocenters. The van der Waals surface area contributed by atoms with Crippen LogP contribution in [0.5, 0.6) is 0 Å². The minimum Gasteiger partial charge on any atom is -0.461 e. The van der Waals surface area contributed by atoms with Crippen molar-refractivity contribution in [1.82, 2.24) is 14.7 Å². The van der Waals surface area contributed by atoms with E-state index in [2.05, 4.69) is 52.5 Å². The maximum absolute atomic E-state index is 12.4. The van der Waals surface area contributed by atoms with Crippen molar-refractivity contribution in [3.8, 4) is 0 Å². The highest BCUT2D eigenvalue weighted by Crippen LogP contribution is 2.26. The van der Waals surface area contributed by atoms with Gasteiger partial charge in [0, 0.05) is 37.3 Å². The zero-order valence-electron chi connectivity index (χ0n) is 16.1. The number of carbonyl (C=O) groups excluding carboxylic acids is 1. The van der Waals surface area contributed by atoms with Crippen molar-refractivity contribution in [2.24, 2.45) is 0 Å². The molecule has 0 fully saturated rings. The molecule has 0 spiro atoms. The minimum absolute atomic E-state index is 0.00386. The van der Waals surface area contributed by atoms with Crippen LogP contribution in [0.4, 0.5) is 0 Å². The van der Waals surface area contributed by atoms with Crippen molar-refractivity contribution in [2.75, 3.05) is 19.8 Å². The molecule has 3 aromatic rings. The van der Waals surface area contributed by atoms with E-state index < -0.39 is 0 Å². The summed E-state index contributed by atoms with van der Waals surface area (Å²) in [6.45, 7) is 4.85. The lowest BCUT2D eigenvalue weighted by Crippen LogP contribution is -2.31. The van der Waals surface area contributed by atoms with Crippen molar-refractivity contribution >= 4 is 16.7 Å². The second-order valence-electron chi connectivity index (χ2n) is 7.04. The zero-order chi connectivity index (χ0) is 19.5. The highest BCUT2D eigenvalue weighted by Gasteiger charge is 2.28. The number of ether oxygens (including phenoxy) is 1. The molecule has 4 rings (SSSR count). The van der Waals surface area contributed by atoms with E-state index in [0.29, 0.717) is 25.4 Å². The van der Waals surface area contributed by atoms with Gasteiger partial charge in [-0.25, -0.2) is 4.79 Å². The maximum atomic E-state index is 12.4. The number of hydrogen-bond donors (Lipinski definition) is 1. The van der Waals surface area contributed by atoms with Gasteiger partial charge >= 0.3 is 5.97 Å². The SMILES string of the molecule is CCOC(=O)c1nn(CCO)c2c1CN(Cc1cccc3ccccc13)CC2. The lowest BCUT2D eigenvalue weighted by molar-refractivity contribution is 0.0515. The largest absolute Gasteiger partial charge is 0.461 e. The smallest absolute Gasteiger partial charge is 0.359 e. The highest BCUT2D eigenvalue weighted by molar-refractivity contribution is 5.89. The number of nitrogens with zero attached hydrogens (tertiary/aromatic N) is 3. The lowest BCUT2D eigenvalue weighted by Gasteiger charge is -2.28. The van der Waals surface area contributed by atoms with Gasteiger partial charge in [-0.3, -0.25) is 9.58 Å². The van der Waals surface area contributed by atoms with Gasteiger partial charge in [0.1, 0.15) is 0 Å². The van der Waals surface area contributed by atoms with Crippen LogP contribution in [0.2, 0.25) is 0 Å². The van der Waals surface area contributed by atoms with Gasteiger partial charge in [-0.05, 0) is 23.3 Å². The van der Waals surface area contributed by atoms with Crippen LogP contribution in [0, 0.1) is 0 Å². The number of hydrogen-bond acceptors (Lipinski definition) is 5. The first-order chi connectivity index (χ1) is 13.7. The summed E-state index contributed by atoms with van der Waals surface area (Å²) in [6, 6.07) is 14.8. The highest BCUT2D eigenvalue weighted by atomic mass is 16.5. The number of carbonyl (C=O) groups is 1. The summed E-state index contributed by atoms with van der Waals surface area (Å²) in [6.07, 6.45) is 0.798. The number of aliphatic hydroxyl groups excluding tert-OH is 1. The Balaban J connectivity index is 1.62. The number of aliphatic hydroxyl groups is 1. The monoisotopic (exact) mass is 379 g/mol. The first-order valence-electron chi connectivity index (χ1n) is 9.76. The third-order valence-electron chi connectivity index (χ3n) is 5.27. The van der Waals surface area contributed by atoms with Crippen LogP contribution in [-0.4, -0.2) is 45.5 Å². The molecule has 0 atom stereocenters. The summed E-state index contributed by atoms with van der Waals surface area (Å²) in [4.78, 5) is 14.7. The van der Waals surface area contributed by atoms with Gasteiger partial charge in [0.15, 0.2) is 5.69 Å². The Bertz CT molecular complexity index is 991. The molecule has 0 aliphatic carbocycles. The van der Waals surface area contributed by atoms with Crippen LogP contribution in [0.3, 0.4) is 0 Å². The fraction of sp³-hybridized carbons (Fsp3) is 0.364. The van der Waals surface area contributed by atoms with Gasteiger partial charge in [-0.2, -0.15) is 5.10 Å². The Labute approximate surface area is 164 Å². The Kier molecular flexibility index (Phi) is 5.41. The molecular weight excluding hydrogens is 354 g/mol. The summed E-state index contributed by atoms with van der Waals surface area (Å²) in [7, 11) is 0. The van der Waals surface area contributed by atoms with E-state index in [4.69, 9.17) is 4.74 Å². The molecule has 0 amide bonds. The maximum Gasteiger partial charge on any atom is 0.359 e. The Morgan fingerprint density at radius 3 is 2.86 bits per heavy atom. The normalized spacial score (nSPS) is 14.2. The number of fused-ring (bicyclic) bond motifs is 2. The van der Waals surface area contributed by atoms with E-state index in [1.54, 1.807) is 11.6 Å². The number of rotatable bonds is 6. The van der Waals surface area contributed by atoms with Crippen molar-refractivity contribution in [2.45, 2.75) is 33.0 Å². The fourth-order valence-corrected chi connectivity index (χ4v) is 4.00. The van der Waals surface area contributed by atoms with E-state index in [-0.39, 0.29) is 12.6 Å². The average Bonchev–Trinajstić information content (AvgIpc) is 3.07. The molecule has 1 N–H and O–H groups in total. The Morgan fingerprint density at radius 2 is 2.04 bits per heavy atom. The second kappa shape index (κ2) is 8.12. The van der Waals surface area contributed by atoms with E-state index in [1.165, 1.54) is 16.3 Å². The Morgan fingerprint density at radius 1 is 1.21 bits per heavy atom. The molecule has 0 radical (unpaired) electrons. The Hall–Kier alpha value is -2.70. The van der Waals surface area contributed by atoms with Gasteiger partial charge in [-0.1, -0.05) is 42.5 Å². The van der Waals surface area contributed by atoms with Crippen molar-refractivity contribution in [3.63, 3.8) is 0 Å². The van der Waals surface area contributed by atoms with Crippen LogP contribution in [-0.2, 0) is 30.8 Å². The molecule has 1 aromatic heterocycles. The quantitative estimate of drug-likeness (QED) is 0.667. The van der Waals surface area contributed by atoms with E-state index in [9.17, 15) is 9.90 Å². The third-order valence-corrected chi connectivity index (χ3v) is 5.27. The topological polar surface area (TPSA) is 67.6 Å². The number of benzene rings is 2. The molecular formula is C22H25N3O3. The molecule has 0 saturated carbocycles. The molecule has 0 saturated heterocycles. The van der Waals surface area contributed by atoms with Crippen LogP contribution < -0.4 is 0 Å². The van der Waals surface area contributed by atoms with Crippen molar-refractivity contribution in [3.05, 3.63) is 65.0 Å². The molecule has 6 nitrogen and oxygen atoms in total. The number of aromatic nitrogens is 2. The molecule has 1 aliphatic heterocycles. The molecule has 2 heterocycles. The minimum atomic E-state index is -0.387. The van der Waals surface area contributed by atoms with Gasteiger partial charge < -0.3 is 9.84 Å². The summed E-state index contributed by atoms with van der Waals surface area (Å²) in [5.41, 5.74) is 3.62. The first kappa shape index (κ1) is 18.7. The summed E-state index contributed by atoms with van der Waals surface area (Å²) >= 11 is 0. The van der Waals surface area contributed by atoms with Crippen molar-refractivity contribution in [1.29, 1.82) is 0 Å². The molecule has 0 bridgehead atoms. The summed E-state index contributed by atoms with van der Waals surface area (Å²) in [5, 5.41) is 16.3. The standard InChI is InChI=1S/C22H25N3O3/c1-2-28-22(27)21-19-15-24(11-10-20(19)25(23-21)12-13-26)14-17-8-5-7-16-6-3-4-9-18(16)17/h3-9,26H,2,10-15H2,1H3. The van der Waals surface area contributed by atoms with Crippen LogP contribution >= 0.6 is 0 Å². The second-order valence-corrected chi connectivity index (χ2v) is 7.04. The van der Waals surface area contributed by atoms with Gasteiger partial charge in [0.2, 0.25) is 0 Å². The predicted molar refractivity (Wildman–Crippen MR) is 107 cm³/mol. The average molecular weight is 379 g/mol. The van der Waals surface area contributed by atoms with Crippen molar-refractivity contribution < 1.29 is 14.6 Å². The summed E-state index contributed by atoms with van der Waals surface area (Å²) in [5.74, 6) is -0.387. The fourth-order valence-electron chi connectivity index (χ4n) is 4.00. The van der Waals surface area contributed by atoms with Crippen LogP contribution in [0.1, 0.15) is 34.2 Å². The van der Waals surface area contributed by atoms with E-state index >= 15 is 0 Å². The van der Waals surface area contributed by atoms with E-state index in [0.717, 1.165) is 30.8 Å². The molecule has 1 aliphatic rings. The first-order valence-corrected chi connectivity index (χ1v) is 9.76.